The number of amides is 1. The number of hydrogen-bond donors (Lipinski definition) is 2. The molecule has 6 rings (SSSR count). The Morgan fingerprint density at radius 2 is 1.88 bits per heavy atom. The first kappa shape index (κ1) is 20.0. The Bertz CT molecular complexity index is 1680. The minimum atomic E-state index is -3.79. The molecule has 2 N–H and O–H groups in total. The van der Waals surface area contributed by atoms with E-state index in [1.54, 1.807) is 24.3 Å². The van der Waals surface area contributed by atoms with Crippen LogP contribution in [0.3, 0.4) is 0 Å². The number of carbonyl (C=O) groups excluding carboxylic acids is 1. The Morgan fingerprint density at radius 3 is 2.73 bits per heavy atom. The van der Waals surface area contributed by atoms with E-state index in [0.29, 0.717) is 16.2 Å². The van der Waals surface area contributed by atoms with Crippen LogP contribution in [0.15, 0.2) is 70.9 Å². The van der Waals surface area contributed by atoms with Gasteiger partial charge in [0.05, 0.1) is 16.3 Å². The second-order valence-corrected chi connectivity index (χ2v) is 10.6. The Morgan fingerprint density at radius 1 is 1.09 bits per heavy atom. The largest absolute Gasteiger partial charge is 0.358 e. The van der Waals surface area contributed by atoms with E-state index in [9.17, 15) is 13.2 Å². The van der Waals surface area contributed by atoms with Gasteiger partial charge in [-0.2, -0.15) is 0 Å². The topological polar surface area (TPSA) is 95.2 Å². The number of carbonyl (C=O) groups is 1. The number of H-pyrrole nitrogens is 1. The monoisotopic (exact) mass is 474 g/mol. The fourth-order valence-electron chi connectivity index (χ4n) is 4.47. The van der Waals surface area contributed by atoms with Gasteiger partial charge in [-0.15, -0.1) is 11.3 Å². The molecule has 0 unspecified atom stereocenters. The van der Waals surface area contributed by atoms with Gasteiger partial charge in [0.2, 0.25) is 5.91 Å². The summed E-state index contributed by atoms with van der Waals surface area (Å²) >= 11 is 1.31. The van der Waals surface area contributed by atoms with E-state index in [2.05, 4.69) is 15.3 Å². The molecule has 0 bridgehead atoms. The second-order valence-electron chi connectivity index (χ2n) is 7.90. The van der Waals surface area contributed by atoms with Crippen molar-refractivity contribution in [3.05, 3.63) is 71.7 Å². The molecule has 2 aromatic heterocycles. The van der Waals surface area contributed by atoms with Crippen molar-refractivity contribution in [2.24, 2.45) is 0 Å². The zero-order valence-corrected chi connectivity index (χ0v) is 19.1. The third-order valence-electron chi connectivity index (χ3n) is 5.87. The zero-order chi connectivity index (χ0) is 22.7. The van der Waals surface area contributed by atoms with Gasteiger partial charge in [0.1, 0.15) is 6.54 Å². The van der Waals surface area contributed by atoms with Crippen LogP contribution in [0, 0.1) is 6.92 Å². The summed E-state index contributed by atoms with van der Waals surface area (Å²) < 4.78 is 27.4. The number of sulfonamides is 1. The summed E-state index contributed by atoms with van der Waals surface area (Å²) in [6.07, 6.45) is 0. The van der Waals surface area contributed by atoms with Crippen molar-refractivity contribution in [2.75, 3.05) is 16.2 Å². The Kier molecular flexibility index (Phi) is 4.33. The van der Waals surface area contributed by atoms with Crippen molar-refractivity contribution in [2.45, 2.75) is 11.8 Å². The number of hydrogen-bond acceptors (Lipinski definition) is 5. The highest BCUT2D eigenvalue weighted by Crippen LogP contribution is 2.42. The summed E-state index contributed by atoms with van der Waals surface area (Å²) in [6, 6.07) is 18.5. The summed E-state index contributed by atoms with van der Waals surface area (Å²) in [5.41, 5.74) is 4.29. The Hall–Kier alpha value is -3.69. The summed E-state index contributed by atoms with van der Waals surface area (Å²) in [5.74, 6) is -0.445. The molecule has 7 nitrogen and oxygen atoms in total. The predicted octanol–water partition coefficient (Wildman–Crippen LogP) is 4.90. The molecule has 0 fully saturated rings. The minimum Gasteiger partial charge on any atom is -0.358 e. The van der Waals surface area contributed by atoms with E-state index < -0.39 is 15.9 Å². The lowest BCUT2D eigenvalue weighted by atomic mass is 10.1. The quantitative estimate of drug-likeness (QED) is 0.387. The van der Waals surface area contributed by atoms with Gasteiger partial charge in [0.25, 0.3) is 10.0 Å². The minimum absolute atomic E-state index is 0.231. The third kappa shape index (κ3) is 3.04. The number of anilines is 2. The molecule has 5 aromatic rings. The zero-order valence-electron chi connectivity index (χ0n) is 17.5. The molecule has 3 heterocycles. The average Bonchev–Trinajstić information content (AvgIpc) is 3.44. The van der Waals surface area contributed by atoms with Crippen LogP contribution < -0.4 is 9.62 Å². The van der Waals surface area contributed by atoms with Gasteiger partial charge in [-0.25, -0.2) is 13.4 Å². The van der Waals surface area contributed by atoms with E-state index in [-0.39, 0.29) is 11.4 Å². The van der Waals surface area contributed by atoms with Gasteiger partial charge in [-0.05, 0) is 30.5 Å². The molecule has 1 aliphatic rings. The lowest BCUT2D eigenvalue weighted by Gasteiger charge is -2.17. The summed E-state index contributed by atoms with van der Waals surface area (Å²) in [6.45, 7) is 1.67. The standard InChI is InChI=1S/C24H18N4O3S2/c1-14-22(16-8-2-3-9-17(16)25-14)18-13-32-24(26-18)27-21(29)12-28-19-10-4-6-15-7-5-11-20(23(15)19)33(28,30)31/h2-11,13,25H,12H2,1H3,(H,26,27,29). The Balaban J connectivity index is 1.27. The van der Waals surface area contributed by atoms with Crippen LogP contribution >= 0.6 is 11.3 Å². The lowest BCUT2D eigenvalue weighted by molar-refractivity contribution is -0.114. The number of fused-ring (bicyclic) bond motifs is 1. The number of aryl methyl sites for hydroxylation is 1. The van der Waals surface area contributed by atoms with E-state index in [1.165, 1.54) is 15.6 Å². The highest BCUT2D eigenvalue weighted by molar-refractivity contribution is 7.93. The first-order chi connectivity index (χ1) is 15.9. The average molecular weight is 475 g/mol. The molecule has 0 spiro atoms. The number of benzene rings is 3. The molecule has 0 radical (unpaired) electrons. The first-order valence-corrected chi connectivity index (χ1v) is 12.6. The van der Waals surface area contributed by atoms with Crippen LogP contribution in [0.4, 0.5) is 10.8 Å². The van der Waals surface area contributed by atoms with Crippen molar-refractivity contribution in [1.29, 1.82) is 0 Å². The summed E-state index contributed by atoms with van der Waals surface area (Å²) in [5, 5.41) is 7.62. The highest BCUT2D eigenvalue weighted by Gasteiger charge is 2.36. The molecule has 33 heavy (non-hydrogen) atoms. The number of aromatic nitrogens is 2. The van der Waals surface area contributed by atoms with E-state index in [4.69, 9.17) is 0 Å². The fourth-order valence-corrected chi connectivity index (χ4v) is 6.85. The predicted molar refractivity (Wildman–Crippen MR) is 131 cm³/mol. The van der Waals surface area contributed by atoms with Gasteiger partial charge in [-0.3, -0.25) is 9.10 Å². The van der Waals surface area contributed by atoms with Crippen molar-refractivity contribution in [3.8, 4) is 11.3 Å². The maximum atomic E-state index is 13.1. The third-order valence-corrected chi connectivity index (χ3v) is 8.43. The molecule has 164 valence electrons. The molecule has 0 atom stereocenters. The number of aromatic amines is 1. The molecule has 0 aliphatic carbocycles. The van der Waals surface area contributed by atoms with Crippen LogP contribution in [-0.2, 0) is 14.8 Å². The SMILES string of the molecule is Cc1[nH]c2ccccc2c1-c1csc(NC(=O)CN2c3cccc4cccc(c34)S2(=O)=O)n1. The molecule has 0 saturated carbocycles. The van der Waals surface area contributed by atoms with Gasteiger partial charge in [-0.1, -0.05) is 42.5 Å². The van der Waals surface area contributed by atoms with Crippen molar-refractivity contribution in [3.63, 3.8) is 0 Å². The van der Waals surface area contributed by atoms with E-state index in [0.717, 1.165) is 33.2 Å². The molecule has 3 aromatic carbocycles. The van der Waals surface area contributed by atoms with Gasteiger partial charge < -0.3 is 10.3 Å². The number of nitrogens with one attached hydrogen (secondary N) is 2. The van der Waals surface area contributed by atoms with E-state index in [1.807, 2.05) is 48.7 Å². The molecule has 0 saturated heterocycles. The van der Waals surface area contributed by atoms with Crippen molar-refractivity contribution in [1.82, 2.24) is 9.97 Å². The normalized spacial score (nSPS) is 14.3. The van der Waals surface area contributed by atoms with Gasteiger partial charge in [0, 0.05) is 32.9 Å². The summed E-state index contributed by atoms with van der Waals surface area (Å²) in [4.78, 5) is 21.0. The molecule has 1 amide bonds. The van der Waals surface area contributed by atoms with Crippen LogP contribution in [-0.4, -0.2) is 30.8 Å². The number of para-hydroxylation sites is 1. The Labute approximate surface area is 193 Å². The lowest BCUT2D eigenvalue weighted by Crippen LogP contribution is -2.35. The van der Waals surface area contributed by atoms with Crippen molar-refractivity contribution < 1.29 is 13.2 Å². The smallest absolute Gasteiger partial charge is 0.265 e. The number of rotatable bonds is 4. The van der Waals surface area contributed by atoms with Crippen LogP contribution in [0.25, 0.3) is 32.9 Å². The fraction of sp³-hybridized carbons (Fsp3) is 0.0833. The van der Waals surface area contributed by atoms with Crippen LogP contribution in [0.2, 0.25) is 0 Å². The molecular formula is C24H18N4O3S2. The number of thiazole rings is 1. The van der Waals surface area contributed by atoms with Crippen molar-refractivity contribution >= 4 is 59.8 Å². The maximum Gasteiger partial charge on any atom is 0.265 e. The molecule has 1 aliphatic heterocycles. The molecular weight excluding hydrogens is 456 g/mol. The van der Waals surface area contributed by atoms with E-state index >= 15 is 0 Å². The van der Waals surface area contributed by atoms with Gasteiger partial charge >= 0.3 is 0 Å². The number of nitrogens with zero attached hydrogens (tertiary/aromatic N) is 2. The van der Waals surface area contributed by atoms with Crippen LogP contribution in [0.1, 0.15) is 5.69 Å². The second kappa shape index (κ2) is 7.16. The first-order valence-electron chi connectivity index (χ1n) is 10.3. The maximum absolute atomic E-state index is 13.1. The molecule has 9 heteroatoms. The summed E-state index contributed by atoms with van der Waals surface area (Å²) in [7, 11) is -3.79. The van der Waals surface area contributed by atoms with Gasteiger partial charge in [0.15, 0.2) is 5.13 Å². The highest BCUT2D eigenvalue weighted by atomic mass is 32.2. The van der Waals surface area contributed by atoms with Crippen LogP contribution in [0.5, 0.6) is 0 Å².